The average Bonchev–Trinajstić information content (AvgIpc) is 2.46. The van der Waals surface area contributed by atoms with E-state index in [-0.39, 0.29) is 0 Å². The first-order valence-electron chi connectivity index (χ1n) is 6.31. The van der Waals surface area contributed by atoms with Crippen LogP contribution in [0.25, 0.3) is 10.8 Å². The van der Waals surface area contributed by atoms with Gasteiger partial charge in [-0.25, -0.2) is 0 Å². The van der Waals surface area contributed by atoms with Gasteiger partial charge in [-0.15, -0.1) is 0 Å². The molecule has 2 aromatic rings. The predicted octanol–water partition coefficient (Wildman–Crippen LogP) is 3.42. The van der Waals surface area contributed by atoms with Crippen LogP contribution in [0.1, 0.15) is 12.0 Å². The molecular weight excluding hydrogens is 240 g/mol. The highest BCUT2D eigenvalue weighted by atomic mass is 32.2. The molecule has 0 aliphatic carbocycles. The molecule has 92 valence electrons. The molecule has 0 saturated carbocycles. The molecule has 0 saturated heterocycles. The number of nitrogens with zero attached hydrogens (tertiary/aromatic N) is 1. The summed E-state index contributed by atoms with van der Waals surface area (Å²) in [5, 5.41) is 7.16. The van der Waals surface area contributed by atoms with Crippen molar-refractivity contribution in [1.82, 2.24) is 5.32 Å². The van der Waals surface area contributed by atoms with E-state index in [4.69, 9.17) is 0 Å². The molecule has 0 atom stereocenters. The van der Waals surface area contributed by atoms with Crippen molar-refractivity contribution < 1.29 is 0 Å². The van der Waals surface area contributed by atoms with Crippen molar-refractivity contribution in [2.24, 2.45) is 4.99 Å². The number of hydrogen-bond donors (Lipinski definition) is 1. The molecule has 1 aliphatic rings. The second-order valence-electron chi connectivity index (χ2n) is 4.38. The number of fused-ring (bicyclic) bond motifs is 1. The van der Waals surface area contributed by atoms with Crippen LogP contribution in [0.3, 0.4) is 0 Å². The minimum Gasteiger partial charge on any atom is -0.361 e. The highest BCUT2D eigenvalue weighted by Crippen LogP contribution is 2.19. The topological polar surface area (TPSA) is 24.4 Å². The van der Waals surface area contributed by atoms with Gasteiger partial charge in [0.25, 0.3) is 0 Å². The number of hydrogen-bond acceptors (Lipinski definition) is 3. The number of thioether (sulfide) groups is 1. The van der Waals surface area contributed by atoms with Gasteiger partial charge >= 0.3 is 0 Å². The maximum atomic E-state index is 4.49. The van der Waals surface area contributed by atoms with Crippen LogP contribution in [0.4, 0.5) is 0 Å². The molecule has 0 bridgehead atoms. The van der Waals surface area contributed by atoms with Crippen molar-refractivity contribution in [2.45, 2.75) is 13.0 Å². The van der Waals surface area contributed by atoms with Gasteiger partial charge in [0.05, 0.1) is 0 Å². The van der Waals surface area contributed by atoms with Crippen LogP contribution in [0.5, 0.6) is 0 Å². The monoisotopic (exact) mass is 256 g/mol. The van der Waals surface area contributed by atoms with Crippen LogP contribution in [-0.4, -0.2) is 17.5 Å². The van der Waals surface area contributed by atoms with Crippen LogP contribution >= 0.6 is 11.8 Å². The van der Waals surface area contributed by atoms with Crippen molar-refractivity contribution in [3.8, 4) is 0 Å². The molecule has 0 amide bonds. The Balaban J connectivity index is 1.80. The molecule has 1 N–H and O–H groups in total. The summed E-state index contributed by atoms with van der Waals surface area (Å²) in [6.07, 6.45) is 1.20. The number of aliphatic imine (C=N–C) groups is 1. The van der Waals surface area contributed by atoms with Gasteiger partial charge in [0, 0.05) is 18.8 Å². The fraction of sp³-hybridized carbons (Fsp3) is 0.267. The molecule has 18 heavy (non-hydrogen) atoms. The maximum Gasteiger partial charge on any atom is 0.156 e. The van der Waals surface area contributed by atoms with Gasteiger partial charge in [0.15, 0.2) is 5.17 Å². The molecule has 0 radical (unpaired) electrons. The zero-order valence-corrected chi connectivity index (χ0v) is 11.0. The maximum absolute atomic E-state index is 4.49. The summed E-state index contributed by atoms with van der Waals surface area (Å²) >= 11 is 1.83. The second kappa shape index (κ2) is 5.44. The molecule has 0 fully saturated rings. The van der Waals surface area contributed by atoms with E-state index >= 15 is 0 Å². The fourth-order valence-corrected chi connectivity index (χ4v) is 3.01. The van der Waals surface area contributed by atoms with Crippen molar-refractivity contribution in [1.29, 1.82) is 0 Å². The molecule has 3 rings (SSSR count). The smallest absolute Gasteiger partial charge is 0.156 e. The first kappa shape index (κ1) is 11.6. The van der Waals surface area contributed by atoms with Crippen molar-refractivity contribution in [2.75, 3.05) is 12.3 Å². The van der Waals surface area contributed by atoms with E-state index in [1.54, 1.807) is 0 Å². The summed E-state index contributed by atoms with van der Waals surface area (Å²) < 4.78 is 0. The number of amidine groups is 1. The van der Waals surface area contributed by atoms with Gasteiger partial charge in [0.2, 0.25) is 0 Å². The van der Waals surface area contributed by atoms with Crippen LogP contribution in [0, 0.1) is 0 Å². The quantitative estimate of drug-likeness (QED) is 0.890. The minimum absolute atomic E-state index is 0.854. The Morgan fingerprint density at radius 2 is 2.00 bits per heavy atom. The van der Waals surface area contributed by atoms with E-state index < -0.39 is 0 Å². The van der Waals surface area contributed by atoms with Crippen molar-refractivity contribution in [3.63, 3.8) is 0 Å². The Morgan fingerprint density at radius 1 is 1.11 bits per heavy atom. The molecule has 0 unspecified atom stereocenters. The zero-order valence-electron chi connectivity index (χ0n) is 10.2. The van der Waals surface area contributed by atoms with E-state index in [1.807, 2.05) is 11.8 Å². The Bertz CT molecular complexity index is 572. The highest BCUT2D eigenvalue weighted by Gasteiger charge is 2.06. The summed E-state index contributed by atoms with van der Waals surface area (Å²) in [5.74, 6) is 1.18. The Hall–Kier alpha value is -1.48. The van der Waals surface area contributed by atoms with E-state index in [2.05, 4.69) is 52.8 Å². The van der Waals surface area contributed by atoms with Gasteiger partial charge in [-0.05, 0) is 22.8 Å². The molecule has 2 nitrogen and oxygen atoms in total. The molecule has 1 aliphatic heterocycles. The number of benzene rings is 2. The molecular formula is C15H16N2S. The molecule has 0 aromatic heterocycles. The van der Waals surface area contributed by atoms with Crippen LogP contribution in [0.15, 0.2) is 47.5 Å². The molecule has 0 spiro atoms. The molecule has 1 heterocycles. The van der Waals surface area contributed by atoms with Crippen molar-refractivity contribution >= 4 is 27.7 Å². The third-order valence-electron chi connectivity index (χ3n) is 3.11. The molecule has 2 aromatic carbocycles. The number of nitrogens with one attached hydrogen (secondary N) is 1. The largest absolute Gasteiger partial charge is 0.361 e. The first-order chi connectivity index (χ1) is 8.93. The number of rotatable bonds is 2. The van der Waals surface area contributed by atoms with Gasteiger partial charge in [-0.2, -0.15) is 0 Å². The third-order valence-corrected chi connectivity index (χ3v) is 4.15. The highest BCUT2D eigenvalue weighted by molar-refractivity contribution is 8.13. The Morgan fingerprint density at radius 3 is 2.89 bits per heavy atom. The second-order valence-corrected chi connectivity index (χ2v) is 5.46. The van der Waals surface area contributed by atoms with E-state index in [0.29, 0.717) is 0 Å². The van der Waals surface area contributed by atoms with Gasteiger partial charge in [0.1, 0.15) is 0 Å². The lowest BCUT2D eigenvalue weighted by Crippen LogP contribution is -2.23. The van der Waals surface area contributed by atoms with E-state index in [1.165, 1.54) is 28.5 Å². The van der Waals surface area contributed by atoms with Gasteiger partial charge < -0.3 is 5.32 Å². The Labute approximate surface area is 112 Å². The lowest BCUT2D eigenvalue weighted by Gasteiger charge is -2.14. The summed E-state index contributed by atoms with van der Waals surface area (Å²) in [7, 11) is 0. The van der Waals surface area contributed by atoms with Crippen LogP contribution < -0.4 is 5.32 Å². The summed E-state index contributed by atoms with van der Waals surface area (Å²) in [5.41, 5.74) is 1.34. The third kappa shape index (κ3) is 2.51. The van der Waals surface area contributed by atoms with E-state index in [9.17, 15) is 0 Å². The summed E-state index contributed by atoms with van der Waals surface area (Å²) in [6, 6.07) is 15.0. The zero-order chi connectivity index (χ0) is 12.2. The standard InChI is InChI=1S/C15H16N2S/c1-2-8-14-12(5-1)6-3-7-13(14)11-17-15-16-9-4-10-18-15/h1-3,5-8H,4,9-11H2,(H,16,17). The average molecular weight is 256 g/mol. The van der Waals surface area contributed by atoms with Crippen molar-refractivity contribution in [3.05, 3.63) is 48.0 Å². The lowest BCUT2D eigenvalue weighted by molar-refractivity contribution is 0.884. The van der Waals surface area contributed by atoms with Gasteiger partial charge in [-0.3, -0.25) is 4.99 Å². The lowest BCUT2D eigenvalue weighted by atomic mass is 10.0. The SMILES string of the molecule is c1ccc2c(CNC3=NCCCS3)cccc2c1. The summed E-state index contributed by atoms with van der Waals surface area (Å²) in [4.78, 5) is 4.49. The summed E-state index contributed by atoms with van der Waals surface area (Å²) in [6.45, 7) is 1.82. The predicted molar refractivity (Wildman–Crippen MR) is 80.2 cm³/mol. The van der Waals surface area contributed by atoms with E-state index in [0.717, 1.165) is 18.3 Å². The fourth-order valence-electron chi connectivity index (χ4n) is 2.18. The molecule has 3 heteroatoms. The van der Waals surface area contributed by atoms with Crippen LogP contribution in [-0.2, 0) is 6.54 Å². The van der Waals surface area contributed by atoms with Gasteiger partial charge in [-0.1, -0.05) is 54.2 Å². The minimum atomic E-state index is 0.854. The van der Waals surface area contributed by atoms with Crippen LogP contribution in [0.2, 0.25) is 0 Å². The first-order valence-corrected chi connectivity index (χ1v) is 7.30. The normalized spacial score (nSPS) is 15.4. The Kier molecular flexibility index (Phi) is 3.51.